The van der Waals surface area contributed by atoms with Crippen molar-refractivity contribution in [1.82, 2.24) is 29.8 Å². The smallest absolute Gasteiger partial charge is 0.324 e. The molecular formula is C31H37N9O3. The van der Waals surface area contributed by atoms with Gasteiger partial charge in [-0.2, -0.15) is 5.10 Å². The van der Waals surface area contributed by atoms with Gasteiger partial charge in [0.1, 0.15) is 36.0 Å². The number of ether oxygens (including phenoxy) is 1. The van der Waals surface area contributed by atoms with E-state index in [1.807, 2.05) is 57.2 Å². The van der Waals surface area contributed by atoms with Crippen molar-refractivity contribution >= 4 is 34.4 Å². The number of hydrogen-bond donors (Lipinski definition) is 3. The maximum atomic E-state index is 12.5. The first-order valence-electron chi connectivity index (χ1n) is 14.3. The van der Waals surface area contributed by atoms with Crippen molar-refractivity contribution in [3.63, 3.8) is 0 Å². The van der Waals surface area contributed by atoms with E-state index in [-0.39, 0.29) is 5.41 Å². The van der Waals surface area contributed by atoms with Crippen LogP contribution >= 0.6 is 0 Å². The maximum absolute atomic E-state index is 12.5. The molecule has 0 radical (unpaired) electrons. The molecule has 0 aliphatic rings. The summed E-state index contributed by atoms with van der Waals surface area (Å²) >= 11 is 0. The first-order chi connectivity index (χ1) is 20.7. The summed E-state index contributed by atoms with van der Waals surface area (Å²) in [6, 6.07) is 16.3. The number of fused-ring (bicyclic) bond motifs is 1. The molecular weight excluding hydrogens is 546 g/mol. The molecule has 3 aromatic heterocycles. The van der Waals surface area contributed by atoms with Gasteiger partial charge in [-0.05, 0) is 61.6 Å². The first-order valence-corrected chi connectivity index (χ1v) is 14.3. The topological polar surface area (TPSA) is 149 Å². The van der Waals surface area contributed by atoms with Gasteiger partial charge in [-0.3, -0.25) is 5.32 Å². The van der Waals surface area contributed by atoms with E-state index in [0.717, 1.165) is 36.6 Å². The minimum Gasteiger partial charge on any atom is -0.492 e. The predicted octanol–water partition coefficient (Wildman–Crippen LogP) is 5.71. The molecule has 0 fully saturated rings. The highest BCUT2D eigenvalue weighted by atomic mass is 16.5. The van der Waals surface area contributed by atoms with Crippen molar-refractivity contribution in [3.8, 4) is 22.7 Å². The predicted molar refractivity (Wildman–Crippen MR) is 168 cm³/mol. The third-order valence-corrected chi connectivity index (χ3v) is 7.05. The number of carbonyl (C=O) groups excluding carboxylic acids is 1. The first kappa shape index (κ1) is 29.5. The minimum absolute atomic E-state index is 0.214. The van der Waals surface area contributed by atoms with E-state index in [0.29, 0.717) is 46.4 Å². The number of rotatable bonds is 10. The van der Waals surface area contributed by atoms with Crippen LogP contribution in [-0.2, 0) is 5.41 Å². The summed E-state index contributed by atoms with van der Waals surface area (Å²) in [5.74, 6) is 2.14. The summed E-state index contributed by atoms with van der Waals surface area (Å²) in [4.78, 5) is 23.5. The van der Waals surface area contributed by atoms with Crippen molar-refractivity contribution < 1.29 is 14.1 Å². The van der Waals surface area contributed by atoms with Gasteiger partial charge in [0, 0.05) is 29.3 Å². The number of amides is 2. The molecule has 5 rings (SSSR count). The number of benzene rings is 2. The Morgan fingerprint density at radius 2 is 1.74 bits per heavy atom. The van der Waals surface area contributed by atoms with Gasteiger partial charge in [-0.25, -0.2) is 19.4 Å². The summed E-state index contributed by atoms with van der Waals surface area (Å²) in [5.41, 5.74) is 9.50. The van der Waals surface area contributed by atoms with Crippen LogP contribution < -0.4 is 21.1 Å². The van der Waals surface area contributed by atoms with Crippen LogP contribution in [0.5, 0.6) is 5.75 Å². The quantitative estimate of drug-likeness (QED) is 0.188. The molecule has 2 amide bonds. The second-order valence-electron chi connectivity index (χ2n) is 11.1. The molecule has 4 N–H and O–H groups in total. The van der Waals surface area contributed by atoms with E-state index in [1.54, 1.807) is 22.9 Å². The molecule has 0 unspecified atom stereocenters. The zero-order chi connectivity index (χ0) is 30.6. The lowest BCUT2D eigenvalue weighted by molar-refractivity contribution is 0.223. The molecule has 12 heteroatoms. The molecule has 43 heavy (non-hydrogen) atoms. The van der Waals surface area contributed by atoms with Crippen molar-refractivity contribution in [2.45, 2.75) is 40.0 Å². The second-order valence-corrected chi connectivity index (χ2v) is 11.1. The summed E-state index contributed by atoms with van der Waals surface area (Å²) in [6.07, 6.45) is 1.42. The number of likely N-dealkylation sites (N-methyl/N-ethyl adjacent to an activating group) is 1. The van der Waals surface area contributed by atoms with Crippen LogP contribution in [0.4, 0.5) is 22.1 Å². The lowest BCUT2D eigenvalue weighted by Gasteiger charge is -2.18. The van der Waals surface area contributed by atoms with Gasteiger partial charge in [0.05, 0.1) is 11.1 Å². The molecule has 0 aliphatic heterocycles. The third kappa shape index (κ3) is 6.75. The van der Waals surface area contributed by atoms with Gasteiger partial charge in [-0.1, -0.05) is 39.8 Å². The number of nitrogen functional groups attached to an aromatic ring is 1. The highest BCUT2D eigenvalue weighted by Gasteiger charge is 2.21. The maximum Gasteiger partial charge on any atom is 0.324 e. The van der Waals surface area contributed by atoms with E-state index in [1.165, 1.54) is 6.33 Å². The zero-order valence-corrected chi connectivity index (χ0v) is 25.1. The number of carbonyl (C=O) groups is 1. The van der Waals surface area contributed by atoms with E-state index < -0.39 is 6.03 Å². The van der Waals surface area contributed by atoms with Crippen molar-refractivity contribution in [2.75, 3.05) is 42.6 Å². The fourth-order valence-electron chi connectivity index (χ4n) is 4.55. The lowest BCUT2D eigenvalue weighted by Crippen LogP contribution is -2.27. The highest BCUT2D eigenvalue weighted by molar-refractivity contribution is 6.00. The van der Waals surface area contributed by atoms with Gasteiger partial charge < -0.3 is 25.2 Å². The molecule has 224 valence electrons. The van der Waals surface area contributed by atoms with Crippen LogP contribution in [0.25, 0.3) is 28.0 Å². The molecule has 0 atom stereocenters. The van der Waals surface area contributed by atoms with Crippen LogP contribution in [0.3, 0.4) is 0 Å². The fraction of sp³-hybridized carbons (Fsp3) is 0.323. The molecule has 0 aliphatic carbocycles. The molecule has 0 saturated carbocycles. The van der Waals surface area contributed by atoms with Crippen LogP contribution in [0.15, 0.2) is 65.4 Å². The molecule has 0 spiro atoms. The Bertz CT molecular complexity index is 1680. The van der Waals surface area contributed by atoms with E-state index in [4.69, 9.17) is 20.1 Å². The number of anilines is 3. The average Bonchev–Trinajstić information content (AvgIpc) is 3.62. The Hall–Kier alpha value is -4.97. The Labute approximate surface area is 250 Å². The summed E-state index contributed by atoms with van der Waals surface area (Å²) < 4.78 is 13.0. The van der Waals surface area contributed by atoms with Crippen LogP contribution in [0.2, 0.25) is 0 Å². The second kappa shape index (κ2) is 12.5. The van der Waals surface area contributed by atoms with Crippen LogP contribution in [0.1, 0.15) is 40.4 Å². The minimum atomic E-state index is -0.436. The largest absolute Gasteiger partial charge is 0.492 e. The SMILES string of the molecule is CCN(CC)CCOc1ccc(-c2nn(-c3ccc(NC(=O)Nc4cc(C(C)(C)C)on4)cc3)c3ncnc(N)c23)cc1. The van der Waals surface area contributed by atoms with E-state index in [2.05, 4.69) is 44.5 Å². The summed E-state index contributed by atoms with van der Waals surface area (Å²) in [7, 11) is 0. The standard InChI is InChI=1S/C31H37N9O3/c1-6-39(7-2)16-17-42-23-14-8-20(9-15-23)27-26-28(32)33-19-34-29(26)40(37-27)22-12-10-21(11-13-22)35-30(41)36-25-18-24(43-38-25)31(3,4)5/h8-15,18-19H,6-7,16-17H2,1-5H3,(H2,32,33,34)(H2,35,36,38,41). The van der Waals surface area contributed by atoms with Gasteiger partial charge in [0.15, 0.2) is 11.5 Å². The number of nitrogens with zero attached hydrogens (tertiary/aromatic N) is 6. The van der Waals surface area contributed by atoms with E-state index in [9.17, 15) is 4.79 Å². The molecule has 0 bridgehead atoms. The summed E-state index contributed by atoms with van der Waals surface area (Å²) in [5, 5.41) is 14.9. The number of nitrogens with one attached hydrogen (secondary N) is 2. The number of aromatic nitrogens is 5. The Morgan fingerprint density at radius 3 is 2.40 bits per heavy atom. The van der Waals surface area contributed by atoms with Gasteiger partial charge >= 0.3 is 6.03 Å². The average molecular weight is 584 g/mol. The van der Waals surface area contributed by atoms with Gasteiger partial charge in [0.2, 0.25) is 0 Å². The van der Waals surface area contributed by atoms with Crippen LogP contribution in [-0.4, -0.2) is 62.1 Å². The highest BCUT2D eigenvalue weighted by Crippen LogP contribution is 2.33. The van der Waals surface area contributed by atoms with Gasteiger partial charge in [0.25, 0.3) is 0 Å². The van der Waals surface area contributed by atoms with Crippen LogP contribution in [0, 0.1) is 0 Å². The normalized spacial score (nSPS) is 11.7. The van der Waals surface area contributed by atoms with E-state index >= 15 is 0 Å². The Kier molecular flexibility index (Phi) is 8.58. The van der Waals surface area contributed by atoms with Crippen molar-refractivity contribution in [3.05, 3.63) is 66.7 Å². The number of hydrogen-bond acceptors (Lipinski definition) is 9. The molecule has 12 nitrogen and oxygen atoms in total. The monoisotopic (exact) mass is 583 g/mol. The molecule has 3 heterocycles. The fourth-order valence-corrected chi connectivity index (χ4v) is 4.55. The number of nitrogens with two attached hydrogens (primary N) is 1. The zero-order valence-electron chi connectivity index (χ0n) is 25.1. The van der Waals surface area contributed by atoms with Crippen molar-refractivity contribution in [1.29, 1.82) is 0 Å². The molecule has 0 saturated heterocycles. The lowest BCUT2D eigenvalue weighted by atomic mass is 9.93. The third-order valence-electron chi connectivity index (χ3n) is 7.05. The Morgan fingerprint density at radius 1 is 1.02 bits per heavy atom. The number of urea groups is 1. The van der Waals surface area contributed by atoms with Gasteiger partial charge in [-0.15, -0.1) is 0 Å². The summed E-state index contributed by atoms with van der Waals surface area (Å²) in [6.45, 7) is 13.8. The molecule has 5 aromatic rings. The van der Waals surface area contributed by atoms with Crippen molar-refractivity contribution in [2.24, 2.45) is 0 Å². The Balaban J connectivity index is 1.32. The molecule has 2 aromatic carbocycles.